The van der Waals surface area contributed by atoms with Crippen LogP contribution in [0.15, 0.2) is 0 Å². The smallest absolute Gasteiger partial charge is 0.345 e. The molecule has 0 aromatic carbocycles. The minimum atomic E-state index is -2.26. The van der Waals surface area contributed by atoms with Crippen molar-refractivity contribution in [2.45, 2.75) is 25.6 Å². The van der Waals surface area contributed by atoms with E-state index in [0.29, 0.717) is 0 Å². The van der Waals surface area contributed by atoms with Crippen LogP contribution in [-0.2, 0) is 14.3 Å². The molecule has 5 heteroatoms. The van der Waals surface area contributed by atoms with E-state index in [9.17, 15) is 14.7 Å². The average molecular weight is 176 g/mol. The van der Waals surface area contributed by atoms with Gasteiger partial charge in [0.05, 0.1) is 7.11 Å². The number of hydrogen-bond acceptors (Lipinski definition) is 5. The molecule has 0 heterocycles. The maximum Gasteiger partial charge on any atom is 0.345 e. The number of hydrogen-bond donors (Lipinski definition) is 2. The first-order valence-corrected chi connectivity index (χ1v) is 3.37. The Morgan fingerprint density at radius 1 is 1.50 bits per heavy atom. The van der Waals surface area contributed by atoms with Crippen LogP contribution >= 0.6 is 0 Å². The van der Waals surface area contributed by atoms with Crippen LogP contribution in [-0.4, -0.2) is 40.8 Å². The van der Waals surface area contributed by atoms with Crippen LogP contribution in [0.4, 0.5) is 0 Å². The third-order valence-electron chi connectivity index (χ3n) is 1.44. The van der Waals surface area contributed by atoms with Crippen LogP contribution in [0.3, 0.4) is 0 Å². The monoisotopic (exact) mass is 176 g/mol. The molecule has 2 N–H and O–H groups in total. The predicted molar refractivity (Wildman–Crippen MR) is 39.3 cm³/mol. The zero-order valence-corrected chi connectivity index (χ0v) is 7.20. The maximum absolute atomic E-state index is 11.0. The minimum Gasteiger partial charge on any atom is -0.467 e. The van der Waals surface area contributed by atoms with E-state index < -0.39 is 23.5 Å². The highest BCUT2D eigenvalue weighted by atomic mass is 16.5. The van der Waals surface area contributed by atoms with Gasteiger partial charge in [-0.25, -0.2) is 4.79 Å². The van der Waals surface area contributed by atoms with Crippen LogP contribution in [0.2, 0.25) is 0 Å². The lowest BCUT2D eigenvalue weighted by molar-refractivity contribution is -0.169. The average Bonchev–Trinajstić information content (AvgIpc) is 2.01. The van der Waals surface area contributed by atoms with E-state index in [4.69, 9.17) is 5.11 Å². The number of esters is 1. The lowest BCUT2D eigenvalue weighted by Gasteiger charge is -2.19. The number of carbonyl (C=O) groups is 2. The van der Waals surface area contributed by atoms with Crippen LogP contribution in [0.5, 0.6) is 0 Å². The Kier molecular flexibility index (Phi) is 3.36. The molecule has 5 nitrogen and oxygen atoms in total. The number of ether oxygens (including phenoxy) is 1. The molecule has 0 amide bonds. The zero-order valence-electron chi connectivity index (χ0n) is 7.20. The van der Waals surface area contributed by atoms with Gasteiger partial charge in [0.25, 0.3) is 0 Å². The van der Waals surface area contributed by atoms with Crippen LogP contribution in [0.25, 0.3) is 0 Å². The molecule has 0 fully saturated rings. The van der Waals surface area contributed by atoms with Crippen LogP contribution in [0.1, 0.15) is 13.8 Å². The van der Waals surface area contributed by atoms with Crippen LogP contribution < -0.4 is 0 Å². The quantitative estimate of drug-likeness (QED) is 0.419. The normalized spacial score (nSPS) is 17.8. The topological polar surface area (TPSA) is 83.8 Å². The molecule has 0 radical (unpaired) electrons. The first kappa shape index (κ1) is 11.1. The van der Waals surface area contributed by atoms with Crippen molar-refractivity contribution in [3.8, 4) is 0 Å². The van der Waals surface area contributed by atoms with Gasteiger partial charge in [0.15, 0.2) is 0 Å². The molecule has 0 aliphatic heterocycles. The zero-order chi connectivity index (χ0) is 9.94. The van der Waals surface area contributed by atoms with Gasteiger partial charge in [0.2, 0.25) is 11.4 Å². The number of aliphatic hydroxyl groups excluding tert-OH is 1. The highest BCUT2D eigenvalue weighted by molar-refractivity contribution is 6.08. The molecule has 0 spiro atoms. The van der Waals surface area contributed by atoms with E-state index in [1.165, 1.54) is 6.92 Å². The van der Waals surface area contributed by atoms with Gasteiger partial charge in [-0.15, -0.1) is 0 Å². The van der Waals surface area contributed by atoms with Gasteiger partial charge in [0.1, 0.15) is 6.10 Å². The van der Waals surface area contributed by atoms with Gasteiger partial charge in [-0.1, -0.05) is 0 Å². The Morgan fingerprint density at radius 3 is 2.17 bits per heavy atom. The summed E-state index contributed by atoms with van der Waals surface area (Å²) in [5.41, 5.74) is -2.26. The van der Waals surface area contributed by atoms with Crippen molar-refractivity contribution in [1.82, 2.24) is 0 Å². The van der Waals surface area contributed by atoms with Crippen molar-refractivity contribution in [2.75, 3.05) is 7.11 Å². The van der Waals surface area contributed by atoms with Gasteiger partial charge < -0.3 is 14.9 Å². The molecule has 12 heavy (non-hydrogen) atoms. The van der Waals surface area contributed by atoms with E-state index in [0.717, 1.165) is 14.0 Å². The first-order chi connectivity index (χ1) is 5.34. The lowest BCUT2D eigenvalue weighted by atomic mass is 9.98. The van der Waals surface area contributed by atoms with Gasteiger partial charge in [0, 0.05) is 0 Å². The van der Waals surface area contributed by atoms with E-state index in [1.807, 2.05) is 0 Å². The van der Waals surface area contributed by atoms with E-state index in [-0.39, 0.29) is 0 Å². The maximum atomic E-state index is 11.0. The number of carbonyl (C=O) groups excluding carboxylic acids is 2. The highest BCUT2D eigenvalue weighted by Crippen LogP contribution is 2.09. The summed E-state index contributed by atoms with van der Waals surface area (Å²) < 4.78 is 4.17. The van der Waals surface area contributed by atoms with Gasteiger partial charge in [-0.2, -0.15) is 0 Å². The molecule has 70 valence electrons. The number of ketones is 1. The summed E-state index contributed by atoms with van der Waals surface area (Å²) in [4.78, 5) is 21.7. The Hall–Kier alpha value is -0.940. The summed E-state index contributed by atoms with van der Waals surface area (Å²) in [6.45, 7) is 2.15. The fourth-order valence-electron chi connectivity index (χ4n) is 0.706. The van der Waals surface area contributed by atoms with Crippen molar-refractivity contribution in [3.63, 3.8) is 0 Å². The molecule has 0 rings (SSSR count). The predicted octanol–water partition coefficient (Wildman–Crippen LogP) is -1.14. The third kappa shape index (κ3) is 2.02. The van der Waals surface area contributed by atoms with E-state index >= 15 is 0 Å². The Balaban J connectivity index is 4.61. The molecule has 0 aliphatic rings. The summed E-state index contributed by atoms with van der Waals surface area (Å²) in [5.74, 6) is -2.05. The minimum absolute atomic E-state index is 0.977. The summed E-state index contributed by atoms with van der Waals surface area (Å²) in [6, 6.07) is 0. The van der Waals surface area contributed by atoms with Crippen LogP contribution in [0, 0.1) is 0 Å². The molecular formula is C7H12O5. The number of aliphatic hydroxyl groups is 2. The molecule has 0 aromatic heterocycles. The van der Waals surface area contributed by atoms with Gasteiger partial charge >= 0.3 is 5.97 Å². The summed E-state index contributed by atoms with van der Waals surface area (Å²) in [5, 5.41) is 18.0. The molecule has 2 unspecified atom stereocenters. The fraction of sp³-hybridized carbons (Fsp3) is 0.714. The van der Waals surface area contributed by atoms with Gasteiger partial charge in [-0.05, 0) is 13.8 Å². The van der Waals surface area contributed by atoms with Crippen molar-refractivity contribution in [2.24, 2.45) is 0 Å². The Morgan fingerprint density at radius 2 is 1.92 bits per heavy atom. The molecule has 0 aromatic rings. The highest BCUT2D eigenvalue weighted by Gasteiger charge is 2.41. The van der Waals surface area contributed by atoms with E-state index in [1.54, 1.807) is 0 Å². The molecule has 0 aliphatic carbocycles. The van der Waals surface area contributed by atoms with Crippen molar-refractivity contribution in [3.05, 3.63) is 0 Å². The number of Topliss-reactive ketones (excluding diaryl/α,β-unsaturated/α-hetero) is 1. The molecule has 2 atom stereocenters. The molecule has 0 saturated carbocycles. The van der Waals surface area contributed by atoms with Crippen molar-refractivity contribution >= 4 is 11.8 Å². The largest absolute Gasteiger partial charge is 0.467 e. The second kappa shape index (κ2) is 3.64. The number of rotatable bonds is 3. The second-order valence-electron chi connectivity index (χ2n) is 2.60. The summed E-state index contributed by atoms with van der Waals surface area (Å²) in [6.07, 6.45) is -1.39. The molecule has 0 saturated heterocycles. The second-order valence-corrected chi connectivity index (χ2v) is 2.60. The third-order valence-corrected chi connectivity index (χ3v) is 1.44. The number of methoxy groups -OCH3 is 1. The first-order valence-electron chi connectivity index (χ1n) is 3.37. The summed E-state index contributed by atoms with van der Waals surface area (Å²) in [7, 11) is 1.05. The molecular weight excluding hydrogens is 164 g/mol. The summed E-state index contributed by atoms with van der Waals surface area (Å²) >= 11 is 0. The van der Waals surface area contributed by atoms with Gasteiger partial charge in [-0.3, -0.25) is 4.79 Å². The molecule has 0 bridgehead atoms. The Labute approximate surface area is 70.0 Å². The van der Waals surface area contributed by atoms with Crippen molar-refractivity contribution < 1.29 is 24.5 Å². The standard InChI is InChI=1S/C7H12O5/c1-4(8)5(9)7(2,11)6(10)12-3/h4,8,11H,1-3H3. The fourth-order valence-corrected chi connectivity index (χ4v) is 0.706. The lowest BCUT2D eigenvalue weighted by Crippen LogP contribution is -2.48. The Bertz CT molecular complexity index is 194. The SMILES string of the molecule is COC(=O)C(C)(O)C(=O)C(C)O. The van der Waals surface area contributed by atoms with E-state index in [2.05, 4.69) is 4.74 Å². The van der Waals surface area contributed by atoms with Crippen molar-refractivity contribution in [1.29, 1.82) is 0 Å².